The zero-order chi connectivity index (χ0) is 19.2. The molecule has 1 aromatic carbocycles. The maximum Gasteiger partial charge on any atom is 0.310 e. The molecule has 2 N–H and O–H groups in total. The van der Waals surface area contributed by atoms with Crippen LogP contribution in [0.3, 0.4) is 0 Å². The van der Waals surface area contributed by atoms with E-state index >= 15 is 0 Å². The van der Waals surface area contributed by atoms with Gasteiger partial charge in [0.15, 0.2) is 11.6 Å². The van der Waals surface area contributed by atoms with Crippen molar-refractivity contribution < 1.29 is 23.5 Å². The van der Waals surface area contributed by atoms with Crippen LogP contribution in [0, 0.1) is 11.7 Å². The molecule has 0 aromatic heterocycles. The summed E-state index contributed by atoms with van der Waals surface area (Å²) in [5.41, 5.74) is 6.03. The quantitative estimate of drug-likeness (QED) is 0.724. The first-order chi connectivity index (χ1) is 13.1. The van der Waals surface area contributed by atoms with Crippen molar-refractivity contribution in [1.29, 1.82) is 0 Å². The SMILES string of the molecule is CCOC(=O)C1CCCN(C(=O)C2CC(COc3ccccc3F)NN2)C1. The number of hydrazine groups is 1. The third kappa shape index (κ3) is 4.95. The number of nitrogens with one attached hydrogen (secondary N) is 2. The molecule has 3 atom stereocenters. The molecule has 2 fully saturated rings. The maximum atomic E-state index is 13.6. The molecular formula is C19H26FN3O4. The van der Waals surface area contributed by atoms with E-state index in [9.17, 15) is 14.0 Å². The third-order valence-electron chi connectivity index (χ3n) is 4.91. The molecule has 0 aliphatic carbocycles. The van der Waals surface area contributed by atoms with Gasteiger partial charge in [-0.15, -0.1) is 0 Å². The lowest BCUT2D eigenvalue weighted by atomic mass is 9.97. The van der Waals surface area contributed by atoms with Crippen molar-refractivity contribution in [3.05, 3.63) is 30.1 Å². The van der Waals surface area contributed by atoms with Gasteiger partial charge in [-0.25, -0.2) is 9.82 Å². The molecule has 0 radical (unpaired) electrons. The van der Waals surface area contributed by atoms with E-state index in [1.54, 1.807) is 30.0 Å². The van der Waals surface area contributed by atoms with Crippen LogP contribution in [-0.2, 0) is 14.3 Å². The van der Waals surface area contributed by atoms with Gasteiger partial charge in [0.25, 0.3) is 0 Å². The van der Waals surface area contributed by atoms with Crippen molar-refractivity contribution in [1.82, 2.24) is 15.8 Å². The molecule has 2 saturated heterocycles. The van der Waals surface area contributed by atoms with Gasteiger partial charge in [0, 0.05) is 13.1 Å². The number of carbonyl (C=O) groups is 2. The molecular weight excluding hydrogens is 353 g/mol. The van der Waals surface area contributed by atoms with Gasteiger partial charge in [0.2, 0.25) is 5.91 Å². The monoisotopic (exact) mass is 379 g/mol. The Morgan fingerprint density at radius 2 is 2.11 bits per heavy atom. The molecule has 1 aromatic rings. The first kappa shape index (κ1) is 19.6. The zero-order valence-corrected chi connectivity index (χ0v) is 15.4. The van der Waals surface area contributed by atoms with Crippen LogP contribution in [0.5, 0.6) is 5.75 Å². The maximum absolute atomic E-state index is 13.6. The lowest BCUT2D eigenvalue weighted by Gasteiger charge is -2.33. The Kier molecular flexibility index (Phi) is 6.63. The normalized spacial score (nSPS) is 25.3. The Hall–Kier alpha value is -2.19. The van der Waals surface area contributed by atoms with E-state index in [-0.39, 0.29) is 42.2 Å². The molecule has 3 rings (SSSR count). The molecule has 148 valence electrons. The van der Waals surface area contributed by atoms with Crippen LogP contribution in [0.25, 0.3) is 0 Å². The number of likely N-dealkylation sites (tertiary alicyclic amines) is 1. The number of benzene rings is 1. The van der Waals surface area contributed by atoms with Crippen molar-refractivity contribution in [3.63, 3.8) is 0 Å². The predicted molar refractivity (Wildman–Crippen MR) is 96.3 cm³/mol. The largest absolute Gasteiger partial charge is 0.489 e. The smallest absolute Gasteiger partial charge is 0.310 e. The van der Waals surface area contributed by atoms with Crippen molar-refractivity contribution in [2.45, 2.75) is 38.3 Å². The lowest BCUT2D eigenvalue weighted by Crippen LogP contribution is -2.50. The minimum absolute atomic E-state index is 0.0371. The van der Waals surface area contributed by atoms with E-state index < -0.39 is 5.82 Å². The molecule has 0 saturated carbocycles. The zero-order valence-electron chi connectivity index (χ0n) is 15.4. The summed E-state index contributed by atoms with van der Waals surface area (Å²) >= 11 is 0. The number of ether oxygens (including phenoxy) is 2. The summed E-state index contributed by atoms with van der Waals surface area (Å²) in [4.78, 5) is 26.4. The van der Waals surface area contributed by atoms with E-state index in [0.717, 1.165) is 12.8 Å². The summed E-state index contributed by atoms with van der Waals surface area (Å²) in [6.07, 6.45) is 2.07. The van der Waals surface area contributed by atoms with Crippen LogP contribution < -0.4 is 15.6 Å². The van der Waals surface area contributed by atoms with Gasteiger partial charge in [-0.2, -0.15) is 0 Å². The van der Waals surface area contributed by atoms with Crippen LogP contribution in [0.2, 0.25) is 0 Å². The second kappa shape index (κ2) is 9.14. The van der Waals surface area contributed by atoms with Crippen LogP contribution in [0.4, 0.5) is 4.39 Å². The number of carbonyl (C=O) groups excluding carboxylic acids is 2. The third-order valence-corrected chi connectivity index (χ3v) is 4.91. The molecule has 2 aliphatic rings. The summed E-state index contributed by atoms with van der Waals surface area (Å²) in [6, 6.07) is 5.74. The number of nitrogens with zero attached hydrogens (tertiary/aromatic N) is 1. The Bertz CT molecular complexity index is 672. The number of hydrogen-bond acceptors (Lipinski definition) is 6. The number of halogens is 1. The highest BCUT2D eigenvalue weighted by molar-refractivity contribution is 5.83. The van der Waals surface area contributed by atoms with Crippen molar-refractivity contribution in [2.75, 3.05) is 26.3 Å². The predicted octanol–water partition coefficient (Wildman–Crippen LogP) is 1.24. The van der Waals surface area contributed by atoms with E-state index in [4.69, 9.17) is 9.47 Å². The van der Waals surface area contributed by atoms with Gasteiger partial charge >= 0.3 is 5.97 Å². The highest BCUT2D eigenvalue weighted by Crippen LogP contribution is 2.21. The van der Waals surface area contributed by atoms with Crippen molar-refractivity contribution in [2.24, 2.45) is 5.92 Å². The number of amides is 1. The second-order valence-corrected chi connectivity index (χ2v) is 6.89. The molecule has 0 bridgehead atoms. The summed E-state index contributed by atoms with van der Waals surface area (Å²) in [5, 5.41) is 0. The molecule has 0 spiro atoms. The summed E-state index contributed by atoms with van der Waals surface area (Å²) in [6.45, 7) is 3.42. The summed E-state index contributed by atoms with van der Waals surface area (Å²) < 4.78 is 24.2. The Labute approximate surface area is 158 Å². The first-order valence-electron chi connectivity index (χ1n) is 9.42. The minimum Gasteiger partial charge on any atom is -0.489 e. The summed E-state index contributed by atoms with van der Waals surface area (Å²) in [5.74, 6) is -0.734. The standard InChI is InChI=1S/C19H26FN3O4/c1-2-26-19(25)13-6-5-9-23(11-13)18(24)16-10-14(21-22-16)12-27-17-8-4-3-7-15(17)20/h3-4,7-8,13-14,16,21-22H,2,5-6,9-12H2,1H3. The van der Waals surface area contributed by atoms with Gasteiger partial charge < -0.3 is 14.4 Å². The molecule has 8 heteroatoms. The van der Waals surface area contributed by atoms with Gasteiger partial charge in [-0.3, -0.25) is 15.0 Å². The van der Waals surface area contributed by atoms with Crippen LogP contribution in [0.1, 0.15) is 26.2 Å². The van der Waals surface area contributed by atoms with E-state index in [1.165, 1.54) is 6.07 Å². The minimum atomic E-state index is -0.408. The number of hydrogen-bond donors (Lipinski definition) is 2. The summed E-state index contributed by atoms with van der Waals surface area (Å²) in [7, 11) is 0. The lowest BCUT2D eigenvalue weighted by molar-refractivity contribution is -0.151. The van der Waals surface area contributed by atoms with Gasteiger partial charge in [0.1, 0.15) is 12.6 Å². The number of esters is 1. The number of piperidine rings is 1. The fourth-order valence-corrected chi connectivity index (χ4v) is 3.50. The van der Waals surface area contributed by atoms with Crippen molar-refractivity contribution in [3.8, 4) is 5.75 Å². The van der Waals surface area contributed by atoms with Crippen molar-refractivity contribution >= 4 is 11.9 Å². The fourth-order valence-electron chi connectivity index (χ4n) is 3.50. The average molecular weight is 379 g/mol. The number of para-hydroxylation sites is 1. The Morgan fingerprint density at radius 1 is 1.30 bits per heavy atom. The van der Waals surface area contributed by atoms with Crippen LogP contribution in [0.15, 0.2) is 24.3 Å². The van der Waals surface area contributed by atoms with Crippen LogP contribution >= 0.6 is 0 Å². The first-order valence-corrected chi connectivity index (χ1v) is 9.42. The van der Waals surface area contributed by atoms with E-state index in [2.05, 4.69) is 10.9 Å². The second-order valence-electron chi connectivity index (χ2n) is 6.89. The Balaban J connectivity index is 1.48. The van der Waals surface area contributed by atoms with E-state index in [1.807, 2.05) is 0 Å². The molecule has 3 unspecified atom stereocenters. The molecule has 1 amide bonds. The number of rotatable bonds is 6. The molecule has 2 heterocycles. The topological polar surface area (TPSA) is 79.9 Å². The molecule has 7 nitrogen and oxygen atoms in total. The highest BCUT2D eigenvalue weighted by Gasteiger charge is 2.36. The van der Waals surface area contributed by atoms with E-state index in [0.29, 0.717) is 26.1 Å². The van der Waals surface area contributed by atoms with Gasteiger partial charge in [0.05, 0.1) is 18.6 Å². The highest BCUT2D eigenvalue weighted by atomic mass is 19.1. The molecule has 27 heavy (non-hydrogen) atoms. The fraction of sp³-hybridized carbons (Fsp3) is 0.579. The van der Waals surface area contributed by atoms with Gasteiger partial charge in [-0.05, 0) is 38.3 Å². The molecule has 2 aliphatic heterocycles. The van der Waals surface area contributed by atoms with Crippen LogP contribution in [-0.4, -0.2) is 55.2 Å². The average Bonchev–Trinajstić information content (AvgIpc) is 3.16. The Morgan fingerprint density at radius 3 is 2.89 bits per heavy atom. The van der Waals surface area contributed by atoms with Gasteiger partial charge in [-0.1, -0.05) is 12.1 Å².